The summed E-state index contributed by atoms with van der Waals surface area (Å²) >= 11 is -1.97. The summed E-state index contributed by atoms with van der Waals surface area (Å²) in [7, 11) is 0. The summed E-state index contributed by atoms with van der Waals surface area (Å²) in [5.41, 5.74) is 1.89. The second kappa shape index (κ2) is 8.71. The van der Waals surface area contributed by atoms with E-state index in [-0.39, 0.29) is 17.0 Å². The van der Waals surface area contributed by atoms with Gasteiger partial charge < -0.3 is 4.55 Å². The minimum absolute atomic E-state index is 0.00295. The van der Waals surface area contributed by atoms with Crippen LogP contribution in [-0.2, 0) is 16.8 Å². The van der Waals surface area contributed by atoms with Gasteiger partial charge in [-0.05, 0) is 41.0 Å². The minimum atomic E-state index is -1.97. The van der Waals surface area contributed by atoms with E-state index in [0.29, 0.717) is 22.3 Å². The molecule has 0 aliphatic rings. The van der Waals surface area contributed by atoms with E-state index in [1.165, 1.54) is 48.7 Å². The van der Waals surface area contributed by atoms with Crippen LogP contribution in [-0.4, -0.2) is 18.5 Å². The Hall–Kier alpha value is -3.49. The molecule has 1 N–H and O–H groups in total. The average Bonchev–Trinajstić information content (AvgIpc) is 2.75. The Balaban J connectivity index is 1.92. The van der Waals surface area contributed by atoms with Gasteiger partial charge in [-0.15, -0.1) is 0 Å². The van der Waals surface area contributed by atoms with Crippen LogP contribution in [0.5, 0.6) is 0 Å². The van der Waals surface area contributed by atoms with Crippen LogP contribution in [0, 0.1) is 11.6 Å². The maximum atomic E-state index is 14.3. The maximum Gasteiger partial charge on any atom is 0.280 e. The summed E-state index contributed by atoms with van der Waals surface area (Å²) in [5, 5.41) is 4.16. The highest BCUT2D eigenvalue weighted by molar-refractivity contribution is 7.78. The summed E-state index contributed by atoms with van der Waals surface area (Å²) in [4.78, 5) is 13.4. The highest BCUT2D eigenvalue weighted by atomic mass is 32.2. The van der Waals surface area contributed by atoms with Crippen molar-refractivity contribution < 1.29 is 17.5 Å². The van der Waals surface area contributed by atoms with Crippen molar-refractivity contribution in [3.8, 4) is 27.9 Å². The molecule has 5 nitrogen and oxygen atoms in total. The van der Waals surface area contributed by atoms with Gasteiger partial charge in [0, 0.05) is 5.56 Å². The molecule has 0 amide bonds. The molecule has 4 aromatic rings. The molecule has 0 spiro atoms. The lowest BCUT2D eigenvalue weighted by Gasteiger charge is -2.13. The fourth-order valence-corrected chi connectivity index (χ4v) is 3.76. The fourth-order valence-electron chi connectivity index (χ4n) is 3.29. The zero-order valence-corrected chi connectivity index (χ0v) is 16.9. The highest BCUT2D eigenvalue weighted by Crippen LogP contribution is 2.30. The molecular formula is C23H16F2N2O3S. The Kier molecular flexibility index (Phi) is 5.83. The number of benzene rings is 3. The summed E-state index contributed by atoms with van der Waals surface area (Å²) in [6.07, 6.45) is 1.45. The van der Waals surface area contributed by atoms with Crippen molar-refractivity contribution in [2.45, 2.75) is 5.75 Å². The van der Waals surface area contributed by atoms with E-state index >= 15 is 0 Å². The summed E-state index contributed by atoms with van der Waals surface area (Å²) in [5.74, 6) is -1.07. The van der Waals surface area contributed by atoms with Crippen molar-refractivity contribution in [2.24, 2.45) is 0 Å². The fraction of sp³-hybridized carbons (Fsp3) is 0.0435. The zero-order chi connectivity index (χ0) is 22.0. The first kappa shape index (κ1) is 20.8. The molecule has 0 saturated carbocycles. The summed E-state index contributed by atoms with van der Waals surface area (Å²) in [6, 6.07) is 18.0. The van der Waals surface area contributed by atoms with Gasteiger partial charge >= 0.3 is 0 Å². The first-order chi connectivity index (χ1) is 14.9. The van der Waals surface area contributed by atoms with Crippen molar-refractivity contribution in [3.05, 3.63) is 107 Å². The molecule has 1 aromatic heterocycles. The first-order valence-corrected chi connectivity index (χ1v) is 10.5. The van der Waals surface area contributed by atoms with Crippen LogP contribution in [0.2, 0.25) is 0 Å². The molecule has 0 radical (unpaired) electrons. The van der Waals surface area contributed by atoms with E-state index in [0.717, 1.165) is 4.68 Å². The SMILES string of the molecule is O=c1c(-c2ccc(F)cc2)c(-c2ccc(CS(=O)O)cc2)cnn1-c1ccccc1F. The third-order valence-electron chi connectivity index (χ3n) is 4.75. The Morgan fingerprint density at radius 1 is 0.903 bits per heavy atom. The molecule has 0 aliphatic heterocycles. The summed E-state index contributed by atoms with van der Waals surface area (Å²) in [6.45, 7) is 0. The van der Waals surface area contributed by atoms with E-state index in [4.69, 9.17) is 4.55 Å². The van der Waals surface area contributed by atoms with E-state index in [1.807, 2.05) is 0 Å². The van der Waals surface area contributed by atoms with E-state index in [1.54, 1.807) is 30.3 Å². The number of halogens is 2. The molecule has 1 heterocycles. The van der Waals surface area contributed by atoms with E-state index < -0.39 is 28.3 Å². The van der Waals surface area contributed by atoms with E-state index in [2.05, 4.69) is 5.10 Å². The van der Waals surface area contributed by atoms with Crippen molar-refractivity contribution >= 4 is 11.1 Å². The Bertz CT molecular complexity index is 1320. The molecule has 0 fully saturated rings. The summed E-state index contributed by atoms with van der Waals surface area (Å²) < 4.78 is 48.9. The smallest absolute Gasteiger partial charge is 0.280 e. The van der Waals surface area contributed by atoms with Crippen LogP contribution in [0.15, 0.2) is 83.8 Å². The average molecular weight is 438 g/mol. The largest absolute Gasteiger partial charge is 0.306 e. The third kappa shape index (κ3) is 4.35. The van der Waals surface area contributed by atoms with Gasteiger partial charge in [0.25, 0.3) is 5.56 Å². The number of rotatable bonds is 5. The zero-order valence-electron chi connectivity index (χ0n) is 16.0. The Morgan fingerprint density at radius 2 is 1.55 bits per heavy atom. The lowest BCUT2D eigenvalue weighted by Crippen LogP contribution is -2.24. The number of aromatic nitrogens is 2. The van der Waals surface area contributed by atoms with Crippen molar-refractivity contribution in [1.82, 2.24) is 9.78 Å². The van der Waals surface area contributed by atoms with Crippen LogP contribution in [0.25, 0.3) is 27.9 Å². The van der Waals surface area contributed by atoms with Crippen LogP contribution >= 0.6 is 0 Å². The second-order valence-electron chi connectivity index (χ2n) is 6.77. The molecule has 1 unspecified atom stereocenters. The van der Waals surface area contributed by atoms with Gasteiger partial charge in [-0.3, -0.25) is 4.79 Å². The molecule has 3 aromatic carbocycles. The highest BCUT2D eigenvalue weighted by Gasteiger charge is 2.18. The third-order valence-corrected chi connectivity index (χ3v) is 5.33. The molecule has 8 heteroatoms. The van der Waals surface area contributed by atoms with Gasteiger partial charge in [0.05, 0.1) is 17.5 Å². The minimum Gasteiger partial charge on any atom is -0.306 e. The number of hydrogen-bond acceptors (Lipinski definition) is 3. The molecule has 0 bridgehead atoms. The predicted molar refractivity (Wildman–Crippen MR) is 115 cm³/mol. The van der Waals surface area contributed by atoms with Crippen LogP contribution in [0.3, 0.4) is 0 Å². The van der Waals surface area contributed by atoms with Crippen molar-refractivity contribution in [1.29, 1.82) is 0 Å². The van der Waals surface area contributed by atoms with Crippen LogP contribution in [0.1, 0.15) is 5.56 Å². The van der Waals surface area contributed by atoms with E-state index in [9.17, 15) is 17.8 Å². The number of nitrogens with zero attached hydrogens (tertiary/aromatic N) is 2. The molecule has 156 valence electrons. The maximum absolute atomic E-state index is 14.3. The monoisotopic (exact) mass is 438 g/mol. The molecule has 0 saturated heterocycles. The number of hydrogen-bond donors (Lipinski definition) is 1. The molecule has 4 rings (SSSR count). The van der Waals surface area contributed by atoms with Gasteiger partial charge in [-0.2, -0.15) is 9.78 Å². The number of para-hydroxylation sites is 1. The standard InChI is InChI=1S/C23H16F2N2O3S/c24-18-11-9-17(10-12-18)22-19(16-7-5-15(6-8-16)14-31(29)30)13-26-27(23(22)28)21-4-2-1-3-20(21)25/h1-13H,14H2,(H,29,30). The van der Waals surface area contributed by atoms with Gasteiger partial charge in [-0.25, -0.2) is 13.0 Å². The molecular weight excluding hydrogens is 422 g/mol. The van der Waals surface area contributed by atoms with Crippen LogP contribution in [0.4, 0.5) is 8.78 Å². The van der Waals surface area contributed by atoms with Gasteiger partial charge in [-0.1, -0.05) is 48.5 Å². The van der Waals surface area contributed by atoms with Gasteiger partial charge in [0.1, 0.15) is 17.3 Å². The predicted octanol–water partition coefficient (Wildman–Crippen LogP) is 4.57. The van der Waals surface area contributed by atoms with Crippen molar-refractivity contribution in [3.63, 3.8) is 0 Å². The van der Waals surface area contributed by atoms with Crippen LogP contribution < -0.4 is 5.56 Å². The lowest BCUT2D eigenvalue weighted by atomic mass is 9.96. The quantitative estimate of drug-likeness (QED) is 0.464. The van der Waals surface area contributed by atoms with Gasteiger partial charge in [0.2, 0.25) is 0 Å². The second-order valence-corrected chi connectivity index (χ2v) is 7.70. The topological polar surface area (TPSA) is 72.2 Å². The molecule has 1 atom stereocenters. The first-order valence-electron chi connectivity index (χ1n) is 9.24. The Morgan fingerprint density at radius 3 is 2.19 bits per heavy atom. The normalized spacial score (nSPS) is 12.0. The molecule has 0 aliphatic carbocycles. The van der Waals surface area contributed by atoms with Crippen molar-refractivity contribution in [2.75, 3.05) is 0 Å². The van der Waals surface area contributed by atoms with Gasteiger partial charge in [0.15, 0.2) is 11.1 Å². The Labute approximate surface area is 178 Å². The molecule has 31 heavy (non-hydrogen) atoms. The lowest BCUT2D eigenvalue weighted by molar-refractivity contribution is 0.563.